The zero-order valence-electron chi connectivity index (χ0n) is 13.7. The van der Waals surface area contributed by atoms with Crippen LogP contribution in [0.25, 0.3) is 0 Å². The van der Waals surface area contributed by atoms with Crippen LogP contribution in [0.1, 0.15) is 0 Å². The van der Waals surface area contributed by atoms with Gasteiger partial charge in [0.1, 0.15) is 0 Å². The molecule has 0 radical (unpaired) electrons. The first kappa shape index (κ1) is 32.8. The molecule has 0 unspecified atom stereocenters. The molecule has 0 bridgehead atoms. The molecule has 0 saturated heterocycles. The van der Waals surface area contributed by atoms with Crippen molar-refractivity contribution < 1.29 is 0 Å². The first-order valence-electron chi connectivity index (χ1n) is 6.08. The number of hydrogen-bond acceptors (Lipinski definition) is 4. The fourth-order valence-corrected chi connectivity index (χ4v) is 1.36. The van der Waals surface area contributed by atoms with Crippen molar-refractivity contribution in [3.05, 3.63) is 0 Å². The van der Waals surface area contributed by atoms with Crippen molar-refractivity contribution in [2.45, 2.75) is 0 Å². The average molecular weight is 376 g/mol. The van der Waals surface area contributed by atoms with E-state index in [2.05, 4.69) is 61.9 Å². The number of likely N-dealkylation sites (N-methyl/N-ethyl adjacent to an activating group) is 3. The van der Waals surface area contributed by atoms with E-state index in [1.165, 1.54) is 0 Å². The molecule has 130 valence electrons. The van der Waals surface area contributed by atoms with Crippen molar-refractivity contribution in [3.8, 4) is 0 Å². The summed E-state index contributed by atoms with van der Waals surface area (Å²) in [5, 5.41) is 0. The minimum Gasteiger partial charge on any atom is -0.308 e. The first-order valence-corrected chi connectivity index (χ1v) is 6.08. The van der Waals surface area contributed by atoms with Gasteiger partial charge in [-0.2, -0.15) is 0 Å². The SMILES string of the molecule is CN(C)CCN(CCN(C)C)CCN(C)C.Cl.Cl.Cl.Cl. The number of nitrogens with zero attached hydrogens (tertiary/aromatic N) is 4. The molecule has 0 heterocycles. The third kappa shape index (κ3) is 24.0. The highest BCUT2D eigenvalue weighted by Crippen LogP contribution is 1.91. The van der Waals surface area contributed by atoms with E-state index in [1.807, 2.05) is 0 Å². The largest absolute Gasteiger partial charge is 0.308 e. The Morgan fingerprint density at radius 2 is 0.600 bits per heavy atom. The minimum atomic E-state index is 0. The highest BCUT2D eigenvalue weighted by atomic mass is 35.5. The normalized spacial score (nSPS) is 9.90. The maximum Gasteiger partial charge on any atom is 0.0110 e. The van der Waals surface area contributed by atoms with Crippen LogP contribution in [0.15, 0.2) is 0 Å². The molecule has 0 aliphatic carbocycles. The van der Waals surface area contributed by atoms with Crippen LogP contribution in [0.3, 0.4) is 0 Å². The molecular formula is C12H34Cl4N4. The summed E-state index contributed by atoms with van der Waals surface area (Å²) in [6.45, 7) is 6.90. The van der Waals surface area contributed by atoms with E-state index in [1.54, 1.807) is 0 Å². The third-order valence-corrected chi connectivity index (χ3v) is 2.59. The Morgan fingerprint density at radius 3 is 0.750 bits per heavy atom. The van der Waals surface area contributed by atoms with Gasteiger partial charge in [-0.05, 0) is 42.3 Å². The van der Waals surface area contributed by atoms with E-state index in [-0.39, 0.29) is 49.6 Å². The molecular weight excluding hydrogens is 342 g/mol. The van der Waals surface area contributed by atoms with Crippen molar-refractivity contribution in [1.29, 1.82) is 0 Å². The van der Waals surface area contributed by atoms with Gasteiger partial charge in [0.2, 0.25) is 0 Å². The molecule has 0 fully saturated rings. The van der Waals surface area contributed by atoms with E-state index in [4.69, 9.17) is 0 Å². The van der Waals surface area contributed by atoms with Gasteiger partial charge in [0.25, 0.3) is 0 Å². The second-order valence-electron chi connectivity index (χ2n) is 5.25. The lowest BCUT2D eigenvalue weighted by molar-refractivity contribution is 0.201. The molecule has 0 saturated carbocycles. The smallest absolute Gasteiger partial charge is 0.0110 e. The topological polar surface area (TPSA) is 13.0 Å². The van der Waals surface area contributed by atoms with Crippen LogP contribution in [0.2, 0.25) is 0 Å². The number of halogens is 4. The predicted molar refractivity (Wildman–Crippen MR) is 101 cm³/mol. The third-order valence-electron chi connectivity index (χ3n) is 2.59. The Kier molecular flexibility index (Phi) is 32.8. The summed E-state index contributed by atoms with van der Waals surface area (Å²) in [4.78, 5) is 9.29. The molecule has 0 aliphatic heterocycles. The Balaban J connectivity index is -0.000000187. The molecule has 0 aromatic heterocycles. The molecule has 0 N–H and O–H groups in total. The lowest BCUT2D eigenvalue weighted by atomic mass is 10.4. The molecule has 0 aromatic rings. The highest BCUT2D eigenvalue weighted by molar-refractivity contribution is 5.86. The van der Waals surface area contributed by atoms with Crippen molar-refractivity contribution in [3.63, 3.8) is 0 Å². The molecule has 0 spiro atoms. The van der Waals surface area contributed by atoms with Gasteiger partial charge in [-0.15, -0.1) is 49.6 Å². The maximum absolute atomic E-state index is 2.54. The van der Waals surface area contributed by atoms with Crippen LogP contribution in [0.4, 0.5) is 0 Å². The van der Waals surface area contributed by atoms with E-state index in [0.717, 1.165) is 39.3 Å². The van der Waals surface area contributed by atoms with E-state index < -0.39 is 0 Å². The van der Waals surface area contributed by atoms with Crippen LogP contribution in [-0.2, 0) is 0 Å². The monoisotopic (exact) mass is 374 g/mol. The summed E-state index contributed by atoms with van der Waals surface area (Å²) in [6.07, 6.45) is 0. The van der Waals surface area contributed by atoms with Crippen LogP contribution < -0.4 is 0 Å². The van der Waals surface area contributed by atoms with Gasteiger partial charge in [0, 0.05) is 39.3 Å². The zero-order chi connectivity index (χ0) is 12.6. The fraction of sp³-hybridized carbons (Fsp3) is 1.00. The standard InChI is InChI=1S/C12H30N4.4ClH/c1-13(2)7-10-16(11-8-14(3)4)12-9-15(5)6;;;;/h7-12H2,1-6H3;4*1H. The molecule has 0 rings (SSSR count). The highest BCUT2D eigenvalue weighted by Gasteiger charge is 2.06. The molecule has 0 aliphatic rings. The predicted octanol–water partition coefficient (Wildman–Crippen LogP) is 1.66. The van der Waals surface area contributed by atoms with Gasteiger partial charge in [-0.1, -0.05) is 0 Å². The Hall–Kier alpha value is 1.00. The van der Waals surface area contributed by atoms with Gasteiger partial charge in [0.15, 0.2) is 0 Å². The Labute approximate surface area is 150 Å². The Bertz CT molecular complexity index is 143. The van der Waals surface area contributed by atoms with Crippen LogP contribution in [0, 0.1) is 0 Å². The minimum absolute atomic E-state index is 0. The first-order chi connectivity index (χ1) is 7.41. The van der Waals surface area contributed by atoms with Crippen LogP contribution >= 0.6 is 49.6 Å². The van der Waals surface area contributed by atoms with Crippen molar-refractivity contribution >= 4 is 49.6 Å². The summed E-state index contributed by atoms with van der Waals surface area (Å²) < 4.78 is 0. The quantitative estimate of drug-likeness (QED) is 0.607. The Morgan fingerprint density at radius 1 is 0.400 bits per heavy atom. The van der Waals surface area contributed by atoms with Gasteiger partial charge in [-0.25, -0.2) is 0 Å². The molecule has 8 heteroatoms. The van der Waals surface area contributed by atoms with Crippen molar-refractivity contribution in [1.82, 2.24) is 19.6 Å². The second-order valence-corrected chi connectivity index (χ2v) is 5.25. The van der Waals surface area contributed by atoms with Crippen molar-refractivity contribution in [2.75, 3.05) is 81.6 Å². The van der Waals surface area contributed by atoms with E-state index in [9.17, 15) is 0 Å². The van der Waals surface area contributed by atoms with Gasteiger partial charge in [0.05, 0.1) is 0 Å². The van der Waals surface area contributed by atoms with Crippen molar-refractivity contribution in [2.24, 2.45) is 0 Å². The average Bonchev–Trinajstić information content (AvgIpc) is 2.15. The molecule has 0 amide bonds. The summed E-state index contributed by atoms with van der Waals surface area (Å²) in [5.41, 5.74) is 0. The lowest BCUT2D eigenvalue weighted by Crippen LogP contribution is -2.40. The molecule has 20 heavy (non-hydrogen) atoms. The zero-order valence-corrected chi connectivity index (χ0v) is 16.9. The number of hydrogen-bond donors (Lipinski definition) is 0. The second kappa shape index (κ2) is 20.0. The molecule has 0 atom stereocenters. The molecule has 0 aromatic carbocycles. The lowest BCUT2D eigenvalue weighted by Gasteiger charge is -2.26. The summed E-state index contributed by atoms with van der Waals surface area (Å²) >= 11 is 0. The fourth-order valence-electron chi connectivity index (χ4n) is 1.36. The van der Waals surface area contributed by atoms with E-state index >= 15 is 0 Å². The summed E-state index contributed by atoms with van der Waals surface area (Å²) in [7, 11) is 12.8. The van der Waals surface area contributed by atoms with Gasteiger partial charge in [-0.3, -0.25) is 4.90 Å². The molecule has 4 nitrogen and oxygen atoms in total. The maximum atomic E-state index is 2.54. The van der Waals surface area contributed by atoms with Gasteiger partial charge >= 0.3 is 0 Å². The van der Waals surface area contributed by atoms with Gasteiger partial charge < -0.3 is 14.7 Å². The van der Waals surface area contributed by atoms with Crippen LogP contribution in [-0.4, -0.2) is 101 Å². The van der Waals surface area contributed by atoms with Crippen LogP contribution in [0.5, 0.6) is 0 Å². The summed E-state index contributed by atoms with van der Waals surface area (Å²) in [6, 6.07) is 0. The number of rotatable bonds is 9. The summed E-state index contributed by atoms with van der Waals surface area (Å²) in [5.74, 6) is 0. The van der Waals surface area contributed by atoms with E-state index in [0.29, 0.717) is 0 Å².